The van der Waals surface area contributed by atoms with Crippen LogP contribution in [0.25, 0.3) is 10.8 Å². The van der Waals surface area contributed by atoms with Gasteiger partial charge in [0.25, 0.3) is 5.91 Å². The minimum atomic E-state index is -5.13. The predicted octanol–water partition coefficient (Wildman–Crippen LogP) is 4.34. The van der Waals surface area contributed by atoms with Gasteiger partial charge in [0.1, 0.15) is 0 Å². The van der Waals surface area contributed by atoms with Crippen LogP contribution in [0.15, 0.2) is 66.7 Å². The van der Waals surface area contributed by atoms with Gasteiger partial charge in [0.2, 0.25) is 0 Å². The zero-order valence-electron chi connectivity index (χ0n) is 14.4. The van der Waals surface area contributed by atoms with Crippen molar-refractivity contribution < 1.29 is 27.5 Å². The largest absolute Gasteiger partial charge is 0.442 e. The van der Waals surface area contributed by atoms with Crippen molar-refractivity contribution in [2.45, 2.75) is 18.2 Å². The van der Waals surface area contributed by atoms with Gasteiger partial charge in [0.15, 0.2) is 0 Å². The second-order valence-corrected chi connectivity index (χ2v) is 6.48. The average Bonchev–Trinajstić information content (AvgIpc) is 2.95. The van der Waals surface area contributed by atoms with E-state index in [0.29, 0.717) is 16.3 Å². The fourth-order valence-electron chi connectivity index (χ4n) is 3.43. The number of halogens is 3. The van der Waals surface area contributed by atoms with Crippen LogP contribution in [-0.4, -0.2) is 18.1 Å². The van der Waals surface area contributed by atoms with Gasteiger partial charge in [-0.3, -0.25) is 9.59 Å². The summed E-state index contributed by atoms with van der Waals surface area (Å²) < 4.78 is 47.2. The Balaban J connectivity index is 1.80. The third kappa shape index (κ3) is 2.70. The van der Waals surface area contributed by atoms with Gasteiger partial charge in [0, 0.05) is 10.9 Å². The lowest BCUT2D eigenvalue weighted by atomic mass is 9.92. The summed E-state index contributed by atoms with van der Waals surface area (Å²) in [6.45, 7) is 0. The lowest BCUT2D eigenvalue weighted by Gasteiger charge is -2.29. The number of hydrogen-bond acceptors (Lipinski definition) is 3. The number of rotatable bonds is 3. The number of benzene rings is 3. The summed E-state index contributed by atoms with van der Waals surface area (Å²) in [6, 6.07) is 17.6. The standard InChI is InChI=1S/C21H14F3NO3/c22-21(23,24)20(28-17(26)12-13-6-2-1-3-7-13)16-11-10-14-8-4-5-9-15(14)18(16)25-19(20)27/h1-11H,12H2,(H,25,27)/t20-/m1/s1. The van der Waals surface area contributed by atoms with Crippen LogP contribution in [0, 0.1) is 0 Å². The summed E-state index contributed by atoms with van der Waals surface area (Å²) in [4.78, 5) is 24.9. The van der Waals surface area contributed by atoms with Gasteiger partial charge in [-0.2, -0.15) is 13.2 Å². The van der Waals surface area contributed by atoms with Crippen molar-refractivity contribution in [1.29, 1.82) is 0 Å². The molecule has 0 radical (unpaired) electrons. The first kappa shape index (κ1) is 18.0. The molecule has 1 atom stereocenters. The third-order valence-electron chi connectivity index (χ3n) is 4.72. The van der Waals surface area contributed by atoms with E-state index < -0.39 is 29.2 Å². The summed E-state index contributed by atoms with van der Waals surface area (Å²) in [5, 5.41) is 3.38. The van der Waals surface area contributed by atoms with Crippen molar-refractivity contribution in [3.8, 4) is 0 Å². The molecule has 0 aliphatic carbocycles. The molecule has 1 amide bonds. The predicted molar refractivity (Wildman–Crippen MR) is 96.5 cm³/mol. The smallest absolute Gasteiger partial charge is 0.434 e. The van der Waals surface area contributed by atoms with Gasteiger partial charge in [-0.1, -0.05) is 66.7 Å². The molecular formula is C21H14F3NO3. The van der Waals surface area contributed by atoms with E-state index in [1.54, 1.807) is 54.6 Å². The van der Waals surface area contributed by atoms with Gasteiger partial charge < -0.3 is 10.1 Å². The molecule has 1 aliphatic rings. The maximum absolute atomic E-state index is 14.1. The summed E-state index contributed by atoms with van der Waals surface area (Å²) in [5.74, 6) is -2.56. The topological polar surface area (TPSA) is 55.4 Å². The minimum Gasteiger partial charge on any atom is -0.434 e. The summed E-state index contributed by atoms with van der Waals surface area (Å²) in [7, 11) is 0. The highest BCUT2D eigenvalue weighted by atomic mass is 19.4. The molecule has 4 rings (SSSR count). The molecule has 0 unspecified atom stereocenters. The molecule has 3 aromatic carbocycles. The number of amides is 1. The van der Waals surface area contributed by atoms with E-state index in [0.717, 1.165) is 0 Å². The molecule has 0 bridgehead atoms. The molecule has 0 saturated heterocycles. The van der Waals surface area contributed by atoms with E-state index in [9.17, 15) is 22.8 Å². The van der Waals surface area contributed by atoms with Crippen molar-refractivity contribution in [2.75, 3.05) is 5.32 Å². The van der Waals surface area contributed by atoms with Crippen LogP contribution in [0.1, 0.15) is 11.1 Å². The molecule has 0 aromatic heterocycles. The first-order valence-electron chi connectivity index (χ1n) is 8.49. The van der Waals surface area contributed by atoms with Crippen LogP contribution < -0.4 is 5.32 Å². The Kier molecular flexibility index (Phi) is 4.10. The Morgan fingerprint density at radius 1 is 0.964 bits per heavy atom. The van der Waals surface area contributed by atoms with Crippen LogP contribution in [0.2, 0.25) is 0 Å². The molecule has 3 aromatic rings. The molecule has 28 heavy (non-hydrogen) atoms. The van der Waals surface area contributed by atoms with Crippen molar-refractivity contribution in [1.82, 2.24) is 0 Å². The molecule has 4 nitrogen and oxygen atoms in total. The molecular weight excluding hydrogens is 371 g/mol. The van der Waals surface area contributed by atoms with Gasteiger partial charge >= 0.3 is 17.7 Å². The van der Waals surface area contributed by atoms with Crippen molar-refractivity contribution >= 4 is 28.3 Å². The van der Waals surface area contributed by atoms with Crippen LogP contribution in [0.5, 0.6) is 0 Å². The van der Waals surface area contributed by atoms with Crippen molar-refractivity contribution in [3.05, 3.63) is 77.9 Å². The number of carbonyl (C=O) groups excluding carboxylic acids is 2. The van der Waals surface area contributed by atoms with Crippen LogP contribution in [0.3, 0.4) is 0 Å². The van der Waals surface area contributed by atoms with E-state index in [2.05, 4.69) is 5.32 Å². The fraction of sp³-hybridized carbons (Fsp3) is 0.143. The number of fused-ring (bicyclic) bond motifs is 3. The fourth-order valence-corrected chi connectivity index (χ4v) is 3.43. The molecule has 142 valence electrons. The van der Waals surface area contributed by atoms with Gasteiger partial charge in [-0.25, -0.2) is 0 Å². The van der Waals surface area contributed by atoms with Crippen molar-refractivity contribution in [2.24, 2.45) is 0 Å². The number of ether oxygens (including phenoxy) is 1. The van der Waals surface area contributed by atoms with Gasteiger partial charge in [0.05, 0.1) is 12.1 Å². The Labute approximate surface area is 157 Å². The third-order valence-corrected chi connectivity index (χ3v) is 4.72. The Morgan fingerprint density at radius 3 is 2.36 bits per heavy atom. The van der Waals surface area contributed by atoms with Gasteiger partial charge in [-0.05, 0) is 10.9 Å². The number of carbonyl (C=O) groups is 2. The maximum atomic E-state index is 14.1. The SMILES string of the molecule is O=C(Cc1ccccc1)O[C@@]1(C(F)(F)F)C(=O)Nc2c1ccc1ccccc21. The zero-order chi connectivity index (χ0) is 19.9. The normalized spacial score (nSPS) is 18.6. The van der Waals surface area contributed by atoms with Crippen molar-refractivity contribution in [3.63, 3.8) is 0 Å². The second kappa shape index (κ2) is 6.37. The average molecular weight is 385 g/mol. The molecule has 1 heterocycles. The number of nitrogens with one attached hydrogen (secondary N) is 1. The first-order chi connectivity index (χ1) is 13.3. The first-order valence-corrected chi connectivity index (χ1v) is 8.49. The van der Waals surface area contributed by atoms with E-state index >= 15 is 0 Å². The highest BCUT2D eigenvalue weighted by Gasteiger charge is 2.69. The maximum Gasteiger partial charge on any atom is 0.442 e. The van der Waals surface area contributed by atoms with Crippen LogP contribution in [-0.2, 0) is 26.3 Å². The summed E-state index contributed by atoms with van der Waals surface area (Å²) in [5.41, 5.74) is -3.29. The molecule has 7 heteroatoms. The Morgan fingerprint density at radius 2 is 1.64 bits per heavy atom. The minimum absolute atomic E-state index is 0.00735. The van der Waals surface area contributed by atoms with E-state index in [1.165, 1.54) is 12.1 Å². The van der Waals surface area contributed by atoms with E-state index in [1.807, 2.05) is 0 Å². The number of anilines is 1. The van der Waals surface area contributed by atoms with Gasteiger partial charge in [-0.15, -0.1) is 0 Å². The molecule has 0 spiro atoms. The quantitative estimate of drug-likeness (QED) is 0.683. The Hall–Kier alpha value is -3.35. The highest BCUT2D eigenvalue weighted by molar-refractivity contribution is 6.14. The van der Waals surface area contributed by atoms with E-state index in [-0.39, 0.29) is 12.1 Å². The lowest BCUT2D eigenvalue weighted by Crippen LogP contribution is -2.51. The van der Waals surface area contributed by atoms with Crippen LogP contribution in [0.4, 0.5) is 18.9 Å². The zero-order valence-corrected chi connectivity index (χ0v) is 14.4. The molecule has 0 saturated carbocycles. The van der Waals surface area contributed by atoms with Crippen LogP contribution >= 0.6 is 0 Å². The highest BCUT2D eigenvalue weighted by Crippen LogP contribution is 2.51. The number of esters is 1. The second-order valence-electron chi connectivity index (χ2n) is 6.48. The summed E-state index contributed by atoms with van der Waals surface area (Å²) >= 11 is 0. The molecule has 1 N–H and O–H groups in total. The molecule has 0 fully saturated rings. The van der Waals surface area contributed by atoms with E-state index in [4.69, 9.17) is 4.74 Å². The Bertz CT molecular complexity index is 1080. The summed E-state index contributed by atoms with van der Waals surface area (Å²) in [6.07, 6.45) is -5.51. The molecule has 1 aliphatic heterocycles. The number of hydrogen-bond donors (Lipinski definition) is 1. The number of alkyl halides is 3. The lowest BCUT2D eigenvalue weighted by molar-refractivity contribution is -0.262. The monoisotopic (exact) mass is 385 g/mol.